The topological polar surface area (TPSA) is 71.1 Å². The minimum absolute atomic E-state index is 0.0668. The van der Waals surface area contributed by atoms with Gasteiger partial charge in [-0.2, -0.15) is 0 Å². The van der Waals surface area contributed by atoms with Gasteiger partial charge in [0.1, 0.15) is 22.2 Å². The predicted molar refractivity (Wildman–Crippen MR) is 122 cm³/mol. The first-order chi connectivity index (χ1) is 16.0. The van der Waals surface area contributed by atoms with Gasteiger partial charge in [-0.15, -0.1) is 11.8 Å². The Kier molecular flexibility index (Phi) is 5.07. The predicted octanol–water partition coefficient (Wildman–Crippen LogP) is 3.88. The van der Waals surface area contributed by atoms with Gasteiger partial charge in [-0.3, -0.25) is 9.59 Å². The molecule has 2 aliphatic carbocycles. The minimum atomic E-state index is -0.914. The molecular weight excluding hydrogens is 440 g/mol. The van der Waals surface area contributed by atoms with Gasteiger partial charge in [0, 0.05) is 30.4 Å². The van der Waals surface area contributed by atoms with Crippen molar-refractivity contribution in [3.05, 3.63) is 47.5 Å². The van der Waals surface area contributed by atoms with Crippen molar-refractivity contribution in [3.63, 3.8) is 0 Å². The molecule has 0 unspecified atom stereocenters. The molecule has 0 radical (unpaired) electrons. The Morgan fingerprint density at radius 2 is 1.91 bits per heavy atom. The monoisotopic (exact) mass is 470 g/mol. The summed E-state index contributed by atoms with van der Waals surface area (Å²) in [5, 5.41) is 0. The van der Waals surface area contributed by atoms with E-state index in [1.165, 1.54) is 7.11 Å². The van der Waals surface area contributed by atoms with Gasteiger partial charge in [-0.1, -0.05) is 30.3 Å². The van der Waals surface area contributed by atoms with Gasteiger partial charge in [-0.05, 0) is 37.0 Å². The van der Waals surface area contributed by atoms with E-state index in [0.29, 0.717) is 31.8 Å². The molecule has 2 saturated carbocycles. The third-order valence-corrected chi connectivity index (χ3v) is 9.97. The van der Waals surface area contributed by atoms with Crippen LogP contribution in [0.15, 0.2) is 42.0 Å². The highest BCUT2D eigenvalue weighted by Crippen LogP contribution is 2.69. The average Bonchev–Trinajstić information content (AvgIpc) is 3.56. The molecule has 3 heterocycles. The Balaban J connectivity index is 1.43. The second-order valence-corrected chi connectivity index (χ2v) is 11.2. The number of rotatable bonds is 4. The molecule has 33 heavy (non-hydrogen) atoms. The molecule has 1 aromatic rings. The van der Waals surface area contributed by atoms with E-state index in [2.05, 4.69) is 25.1 Å². The molecule has 2 saturated heterocycles. The summed E-state index contributed by atoms with van der Waals surface area (Å²) < 4.78 is 24.6. The Morgan fingerprint density at radius 1 is 1.15 bits per heavy atom. The molecule has 6 rings (SSSR count). The highest BCUT2D eigenvalue weighted by Gasteiger charge is 2.76. The molecule has 2 spiro atoms. The first-order valence-corrected chi connectivity index (χ1v) is 12.9. The number of ether oxygens (including phenoxy) is 4. The lowest BCUT2D eigenvalue weighted by molar-refractivity contribution is -0.196. The molecule has 3 aliphatic heterocycles. The van der Waals surface area contributed by atoms with Crippen LogP contribution in [0.2, 0.25) is 0 Å². The molecule has 0 aromatic heterocycles. The SMILES string of the molecule is COC(=O)[C@H]1[C@H]2C(=O)CC[C@H]3[C@@H](CCC34OCCO4)[C@]23O[C@]1(SCc1ccccc1)C=C3C. The van der Waals surface area contributed by atoms with Gasteiger partial charge in [0.2, 0.25) is 0 Å². The van der Waals surface area contributed by atoms with E-state index < -0.39 is 28.2 Å². The van der Waals surface area contributed by atoms with Gasteiger partial charge in [0.15, 0.2) is 5.79 Å². The molecule has 5 aliphatic rings. The highest BCUT2D eigenvalue weighted by molar-refractivity contribution is 8.00. The van der Waals surface area contributed by atoms with E-state index in [-0.39, 0.29) is 23.6 Å². The zero-order chi connectivity index (χ0) is 22.8. The van der Waals surface area contributed by atoms with Crippen molar-refractivity contribution in [3.8, 4) is 0 Å². The third-order valence-electron chi connectivity index (χ3n) is 8.58. The van der Waals surface area contributed by atoms with E-state index >= 15 is 0 Å². The molecule has 0 amide bonds. The number of fused-ring (bicyclic) bond motifs is 3. The van der Waals surface area contributed by atoms with Crippen LogP contribution in [-0.2, 0) is 34.3 Å². The summed E-state index contributed by atoms with van der Waals surface area (Å²) in [6.07, 6.45) is 4.87. The molecule has 0 N–H and O–H groups in total. The molecule has 7 heteroatoms. The number of methoxy groups -OCH3 is 1. The van der Waals surface area contributed by atoms with Gasteiger partial charge in [-0.25, -0.2) is 0 Å². The van der Waals surface area contributed by atoms with Crippen LogP contribution < -0.4 is 0 Å². The van der Waals surface area contributed by atoms with Crippen molar-refractivity contribution < 1.29 is 28.5 Å². The van der Waals surface area contributed by atoms with Crippen LogP contribution in [0.25, 0.3) is 0 Å². The maximum absolute atomic E-state index is 13.7. The molecule has 4 fully saturated rings. The number of hydrogen-bond donors (Lipinski definition) is 0. The van der Waals surface area contributed by atoms with E-state index in [9.17, 15) is 9.59 Å². The second kappa shape index (κ2) is 7.67. The maximum atomic E-state index is 13.7. The van der Waals surface area contributed by atoms with Crippen LogP contribution in [0.1, 0.15) is 38.2 Å². The van der Waals surface area contributed by atoms with Crippen molar-refractivity contribution in [2.45, 2.75) is 54.7 Å². The molecule has 2 bridgehead atoms. The lowest BCUT2D eigenvalue weighted by atomic mass is 9.63. The van der Waals surface area contributed by atoms with E-state index in [0.717, 1.165) is 24.0 Å². The van der Waals surface area contributed by atoms with Gasteiger partial charge in [0.05, 0.1) is 26.2 Å². The number of thioether (sulfide) groups is 1. The Hall–Kier alpha value is -1.67. The van der Waals surface area contributed by atoms with Crippen molar-refractivity contribution in [2.75, 3.05) is 20.3 Å². The van der Waals surface area contributed by atoms with Gasteiger partial charge < -0.3 is 18.9 Å². The van der Waals surface area contributed by atoms with E-state index in [1.807, 2.05) is 18.2 Å². The van der Waals surface area contributed by atoms with Gasteiger partial charge in [0.25, 0.3) is 0 Å². The molecular formula is C26H30O6S. The summed E-state index contributed by atoms with van der Waals surface area (Å²) in [6, 6.07) is 10.2. The van der Waals surface area contributed by atoms with E-state index in [1.54, 1.807) is 11.8 Å². The Labute approximate surface area is 198 Å². The number of ketones is 1. The summed E-state index contributed by atoms with van der Waals surface area (Å²) in [6.45, 7) is 3.25. The first-order valence-electron chi connectivity index (χ1n) is 11.9. The first kappa shape index (κ1) is 21.8. The standard InChI is InChI=1S/C26H30O6S/c1-16-14-25(33-15-17-6-4-3-5-7-17)22(23(28)29-2)21-20(27)9-8-18-19(26(16,21)32-25)10-11-24(18)30-12-13-31-24/h3-7,14,18-19,21-22H,8-13,15H2,1-2H3/t18-,19+,21+,22+,25-,26-/m0/s1. The summed E-state index contributed by atoms with van der Waals surface area (Å²) >= 11 is 1.60. The molecule has 6 atom stereocenters. The third kappa shape index (κ3) is 2.92. The summed E-state index contributed by atoms with van der Waals surface area (Å²) in [7, 11) is 1.40. The fraction of sp³-hybridized carbons (Fsp3) is 0.615. The molecule has 1 aromatic carbocycles. The number of carbonyl (C=O) groups is 2. The smallest absolute Gasteiger partial charge is 0.313 e. The number of esters is 1. The molecule has 176 valence electrons. The quantitative estimate of drug-likeness (QED) is 0.488. The van der Waals surface area contributed by atoms with Gasteiger partial charge >= 0.3 is 5.97 Å². The van der Waals surface area contributed by atoms with Crippen LogP contribution in [0.4, 0.5) is 0 Å². The average molecular weight is 471 g/mol. The molecule has 6 nitrogen and oxygen atoms in total. The number of Topliss-reactive ketones (excluding diaryl/α,β-unsaturated/α-hetero) is 1. The summed E-state index contributed by atoms with van der Waals surface area (Å²) in [5.41, 5.74) is 1.41. The zero-order valence-electron chi connectivity index (χ0n) is 19.1. The number of hydrogen-bond acceptors (Lipinski definition) is 7. The van der Waals surface area contributed by atoms with Crippen LogP contribution >= 0.6 is 11.8 Å². The lowest BCUT2D eigenvalue weighted by Gasteiger charge is -2.41. The maximum Gasteiger partial charge on any atom is 0.313 e. The fourth-order valence-corrected chi connectivity index (χ4v) is 8.83. The fourth-order valence-electron chi connectivity index (χ4n) is 7.38. The van der Waals surface area contributed by atoms with Crippen molar-refractivity contribution in [1.82, 2.24) is 0 Å². The normalized spacial score (nSPS) is 40.4. The van der Waals surface area contributed by atoms with Crippen molar-refractivity contribution >= 4 is 23.5 Å². The Morgan fingerprint density at radius 3 is 2.64 bits per heavy atom. The van der Waals surface area contributed by atoms with Crippen molar-refractivity contribution in [2.24, 2.45) is 23.7 Å². The minimum Gasteiger partial charge on any atom is -0.469 e. The highest BCUT2D eigenvalue weighted by atomic mass is 32.2. The largest absolute Gasteiger partial charge is 0.469 e. The number of benzene rings is 1. The lowest BCUT2D eigenvalue weighted by Crippen LogP contribution is -2.51. The van der Waals surface area contributed by atoms with Crippen LogP contribution in [0, 0.1) is 23.7 Å². The van der Waals surface area contributed by atoms with Crippen LogP contribution in [0.5, 0.6) is 0 Å². The zero-order valence-corrected chi connectivity index (χ0v) is 19.9. The van der Waals surface area contributed by atoms with Crippen LogP contribution in [0.3, 0.4) is 0 Å². The van der Waals surface area contributed by atoms with Crippen molar-refractivity contribution in [1.29, 1.82) is 0 Å². The number of carbonyl (C=O) groups excluding carboxylic acids is 2. The summed E-state index contributed by atoms with van der Waals surface area (Å²) in [5.74, 6) is -1.26. The Bertz CT molecular complexity index is 1000. The summed E-state index contributed by atoms with van der Waals surface area (Å²) in [4.78, 5) is 26.0. The second-order valence-electron chi connectivity index (χ2n) is 9.96. The van der Waals surface area contributed by atoms with Crippen LogP contribution in [-0.4, -0.2) is 48.4 Å². The van der Waals surface area contributed by atoms with E-state index in [4.69, 9.17) is 18.9 Å².